The van der Waals surface area contributed by atoms with Crippen molar-refractivity contribution in [2.75, 3.05) is 18.5 Å². The van der Waals surface area contributed by atoms with Gasteiger partial charge in [-0.25, -0.2) is 0 Å². The van der Waals surface area contributed by atoms with Gasteiger partial charge in [0.05, 0.1) is 12.1 Å². The molecule has 1 aliphatic heterocycles. The molecule has 0 bridgehead atoms. The molecule has 2 N–H and O–H groups in total. The van der Waals surface area contributed by atoms with Crippen molar-refractivity contribution in [1.29, 1.82) is 0 Å². The predicted molar refractivity (Wildman–Crippen MR) is 72.4 cm³/mol. The van der Waals surface area contributed by atoms with Crippen LogP contribution in [0.1, 0.15) is 36.0 Å². The Morgan fingerprint density at radius 2 is 2.26 bits per heavy atom. The molecular formula is C12H18N4O2S. The number of aromatic nitrogens is 2. The van der Waals surface area contributed by atoms with Crippen molar-refractivity contribution in [3.05, 3.63) is 5.01 Å². The Morgan fingerprint density at radius 1 is 1.42 bits per heavy atom. The summed E-state index contributed by atoms with van der Waals surface area (Å²) in [6, 6.07) is 0.131. The van der Waals surface area contributed by atoms with Crippen LogP contribution in [0.3, 0.4) is 0 Å². The van der Waals surface area contributed by atoms with E-state index in [0.29, 0.717) is 16.1 Å². The molecule has 104 valence electrons. The van der Waals surface area contributed by atoms with Crippen LogP contribution in [-0.2, 0) is 4.74 Å². The maximum absolute atomic E-state index is 12.1. The standard InChI is InChI=1S/C12H18N4O2S/c1-2-13-12-16-15-11(19-12)10(17)14-8-5-6-18-9(8)7-3-4-7/h7-9H,2-6H2,1H3,(H,13,16)(H,14,17). The lowest BCUT2D eigenvalue weighted by Gasteiger charge is -2.18. The normalized spacial score (nSPS) is 26.4. The van der Waals surface area contributed by atoms with E-state index in [2.05, 4.69) is 20.8 Å². The Balaban J connectivity index is 1.60. The van der Waals surface area contributed by atoms with Gasteiger partial charge in [-0.05, 0) is 32.1 Å². The first kappa shape index (κ1) is 12.8. The van der Waals surface area contributed by atoms with Crippen LogP contribution in [0.4, 0.5) is 5.13 Å². The van der Waals surface area contributed by atoms with E-state index in [0.717, 1.165) is 19.6 Å². The molecule has 1 saturated carbocycles. The van der Waals surface area contributed by atoms with Crippen LogP contribution in [0, 0.1) is 5.92 Å². The minimum Gasteiger partial charge on any atom is -0.376 e. The van der Waals surface area contributed by atoms with Crippen LogP contribution >= 0.6 is 11.3 Å². The Morgan fingerprint density at radius 3 is 3.00 bits per heavy atom. The van der Waals surface area contributed by atoms with Crippen molar-refractivity contribution >= 4 is 22.4 Å². The van der Waals surface area contributed by atoms with Gasteiger partial charge >= 0.3 is 0 Å². The Hall–Kier alpha value is -1.21. The van der Waals surface area contributed by atoms with Gasteiger partial charge in [0.1, 0.15) is 0 Å². The van der Waals surface area contributed by atoms with Crippen LogP contribution in [0.2, 0.25) is 0 Å². The van der Waals surface area contributed by atoms with Crippen LogP contribution in [0.15, 0.2) is 0 Å². The first-order chi connectivity index (χ1) is 9.28. The molecule has 3 rings (SSSR count). The van der Waals surface area contributed by atoms with Crippen LogP contribution in [0.5, 0.6) is 0 Å². The highest BCUT2D eigenvalue weighted by Gasteiger charge is 2.41. The zero-order valence-electron chi connectivity index (χ0n) is 10.9. The van der Waals surface area contributed by atoms with Gasteiger partial charge in [0.2, 0.25) is 10.1 Å². The minimum absolute atomic E-state index is 0.131. The van der Waals surface area contributed by atoms with E-state index in [1.165, 1.54) is 24.2 Å². The summed E-state index contributed by atoms with van der Waals surface area (Å²) in [5.74, 6) is 0.502. The lowest BCUT2D eigenvalue weighted by molar-refractivity contribution is 0.0729. The van der Waals surface area contributed by atoms with E-state index in [9.17, 15) is 4.79 Å². The number of nitrogens with zero attached hydrogens (tertiary/aromatic N) is 2. The van der Waals surface area contributed by atoms with E-state index in [-0.39, 0.29) is 18.1 Å². The topological polar surface area (TPSA) is 76.1 Å². The number of carbonyl (C=O) groups excluding carboxylic acids is 1. The Labute approximate surface area is 115 Å². The second kappa shape index (κ2) is 5.42. The van der Waals surface area contributed by atoms with Crippen molar-refractivity contribution in [2.24, 2.45) is 5.92 Å². The SMILES string of the molecule is CCNc1nnc(C(=O)NC2CCOC2C2CC2)s1. The van der Waals surface area contributed by atoms with Gasteiger partial charge < -0.3 is 15.4 Å². The monoisotopic (exact) mass is 282 g/mol. The highest BCUT2D eigenvalue weighted by atomic mass is 32.1. The van der Waals surface area contributed by atoms with Gasteiger partial charge in [0, 0.05) is 13.2 Å². The molecule has 2 aliphatic rings. The molecule has 2 heterocycles. The molecule has 2 fully saturated rings. The quantitative estimate of drug-likeness (QED) is 0.850. The van der Waals surface area contributed by atoms with Gasteiger partial charge in [-0.2, -0.15) is 0 Å². The Bertz CT molecular complexity index is 460. The molecule has 1 aromatic heterocycles. The van der Waals surface area contributed by atoms with Crippen LogP contribution in [0.25, 0.3) is 0 Å². The van der Waals surface area contributed by atoms with Gasteiger partial charge in [-0.1, -0.05) is 11.3 Å². The summed E-state index contributed by atoms with van der Waals surface area (Å²) in [5.41, 5.74) is 0. The molecule has 1 aromatic rings. The third kappa shape index (κ3) is 2.87. The van der Waals surface area contributed by atoms with Crippen LogP contribution in [-0.4, -0.2) is 41.4 Å². The molecule has 1 amide bonds. The summed E-state index contributed by atoms with van der Waals surface area (Å²) in [6.07, 6.45) is 3.54. The van der Waals surface area contributed by atoms with Crippen molar-refractivity contribution in [3.63, 3.8) is 0 Å². The fourth-order valence-corrected chi connectivity index (χ4v) is 3.14. The molecule has 7 heteroatoms. The molecule has 0 aromatic carbocycles. The maximum atomic E-state index is 12.1. The predicted octanol–water partition coefficient (Wildman–Crippen LogP) is 1.27. The molecule has 0 radical (unpaired) electrons. The number of anilines is 1. The average molecular weight is 282 g/mol. The third-order valence-corrected chi connectivity index (χ3v) is 4.37. The molecule has 6 nitrogen and oxygen atoms in total. The van der Waals surface area contributed by atoms with Crippen molar-refractivity contribution in [1.82, 2.24) is 15.5 Å². The first-order valence-corrected chi connectivity index (χ1v) is 7.59. The number of amides is 1. The molecule has 19 heavy (non-hydrogen) atoms. The fourth-order valence-electron chi connectivity index (χ4n) is 2.42. The lowest BCUT2D eigenvalue weighted by atomic mass is 10.1. The highest BCUT2D eigenvalue weighted by molar-refractivity contribution is 7.17. The summed E-state index contributed by atoms with van der Waals surface area (Å²) >= 11 is 1.29. The number of carbonyl (C=O) groups is 1. The van der Waals surface area contributed by atoms with E-state index in [1.807, 2.05) is 6.92 Å². The zero-order chi connectivity index (χ0) is 13.2. The summed E-state index contributed by atoms with van der Waals surface area (Å²) in [6.45, 7) is 3.50. The van der Waals surface area contributed by atoms with Crippen molar-refractivity contribution in [2.45, 2.75) is 38.3 Å². The van der Waals surface area contributed by atoms with Crippen molar-refractivity contribution in [3.8, 4) is 0 Å². The number of ether oxygens (including phenoxy) is 1. The number of nitrogens with one attached hydrogen (secondary N) is 2. The van der Waals surface area contributed by atoms with E-state index in [4.69, 9.17) is 4.74 Å². The van der Waals surface area contributed by atoms with E-state index < -0.39 is 0 Å². The number of hydrogen-bond acceptors (Lipinski definition) is 6. The van der Waals surface area contributed by atoms with Gasteiger partial charge in [-0.3, -0.25) is 4.79 Å². The molecule has 1 saturated heterocycles. The lowest BCUT2D eigenvalue weighted by Crippen LogP contribution is -2.41. The second-order valence-corrected chi connectivity index (χ2v) is 5.96. The van der Waals surface area contributed by atoms with Crippen molar-refractivity contribution < 1.29 is 9.53 Å². The molecule has 2 unspecified atom stereocenters. The Kier molecular flexibility index (Phi) is 3.65. The van der Waals surface area contributed by atoms with E-state index in [1.54, 1.807) is 0 Å². The molecule has 0 spiro atoms. The molecule has 2 atom stereocenters. The van der Waals surface area contributed by atoms with Crippen LogP contribution < -0.4 is 10.6 Å². The second-order valence-electron chi connectivity index (χ2n) is 4.98. The largest absolute Gasteiger partial charge is 0.376 e. The first-order valence-electron chi connectivity index (χ1n) is 6.77. The zero-order valence-corrected chi connectivity index (χ0v) is 11.7. The smallest absolute Gasteiger partial charge is 0.282 e. The van der Waals surface area contributed by atoms with Gasteiger partial charge in [0.25, 0.3) is 5.91 Å². The molecule has 1 aliphatic carbocycles. The highest BCUT2D eigenvalue weighted by Crippen LogP contribution is 2.38. The summed E-state index contributed by atoms with van der Waals surface area (Å²) in [4.78, 5) is 12.1. The third-order valence-electron chi connectivity index (χ3n) is 3.49. The number of rotatable bonds is 5. The van der Waals surface area contributed by atoms with Gasteiger partial charge in [0.15, 0.2) is 0 Å². The number of hydrogen-bond donors (Lipinski definition) is 2. The summed E-state index contributed by atoms with van der Waals surface area (Å²) in [5, 5.41) is 15.0. The summed E-state index contributed by atoms with van der Waals surface area (Å²) < 4.78 is 5.71. The fraction of sp³-hybridized carbons (Fsp3) is 0.750. The van der Waals surface area contributed by atoms with Gasteiger partial charge in [-0.15, -0.1) is 10.2 Å². The maximum Gasteiger partial charge on any atom is 0.282 e. The molecular weight excluding hydrogens is 264 g/mol. The summed E-state index contributed by atoms with van der Waals surface area (Å²) in [7, 11) is 0. The average Bonchev–Trinajstić information content (AvgIpc) is 2.96. The van der Waals surface area contributed by atoms with E-state index >= 15 is 0 Å². The minimum atomic E-state index is -0.136.